The number of hydrogen-bond acceptors (Lipinski definition) is 4. The van der Waals surface area contributed by atoms with Crippen molar-refractivity contribution in [2.45, 2.75) is 33.0 Å². The van der Waals surface area contributed by atoms with E-state index >= 15 is 0 Å². The van der Waals surface area contributed by atoms with Crippen LogP contribution in [0.4, 0.5) is 8.78 Å². The van der Waals surface area contributed by atoms with Crippen LogP contribution in [0.3, 0.4) is 0 Å². The van der Waals surface area contributed by atoms with Gasteiger partial charge >= 0.3 is 5.97 Å². The molecule has 3 aromatic rings. The van der Waals surface area contributed by atoms with E-state index in [1.165, 1.54) is 42.7 Å². The van der Waals surface area contributed by atoms with Crippen molar-refractivity contribution in [3.8, 4) is 11.4 Å². The summed E-state index contributed by atoms with van der Waals surface area (Å²) in [6, 6.07) is 8.90. The van der Waals surface area contributed by atoms with E-state index in [0.717, 1.165) is 12.1 Å². The SMILES string of the molecule is Cc1cc(OCc2ccc(F)cc2F)c(Br)c(=O)n1-c1ccc(C(C)(C)O)cc1C(=O)O. The molecular formula is C23H20BrF2NO5. The molecule has 2 N–H and O–H groups in total. The third-order valence-electron chi connectivity index (χ3n) is 4.87. The lowest BCUT2D eigenvalue weighted by Gasteiger charge is -2.21. The lowest BCUT2D eigenvalue weighted by Crippen LogP contribution is -2.25. The molecule has 0 aliphatic carbocycles. The van der Waals surface area contributed by atoms with E-state index in [-0.39, 0.29) is 33.6 Å². The molecule has 0 unspecified atom stereocenters. The third-order valence-corrected chi connectivity index (χ3v) is 5.60. The van der Waals surface area contributed by atoms with Gasteiger partial charge in [-0.3, -0.25) is 9.36 Å². The molecule has 2 aromatic carbocycles. The average molecular weight is 508 g/mol. The topological polar surface area (TPSA) is 88.8 Å². The highest BCUT2D eigenvalue weighted by Gasteiger charge is 2.23. The van der Waals surface area contributed by atoms with E-state index < -0.39 is 28.8 Å². The van der Waals surface area contributed by atoms with Crippen LogP contribution in [0.1, 0.15) is 41.0 Å². The number of carboxylic acids is 1. The number of carbonyl (C=O) groups is 1. The maximum atomic E-state index is 13.9. The van der Waals surface area contributed by atoms with Crippen LogP contribution in [0.15, 0.2) is 51.7 Å². The molecule has 0 aliphatic heterocycles. The number of nitrogens with zero attached hydrogens (tertiary/aromatic N) is 1. The quantitative estimate of drug-likeness (QED) is 0.505. The molecule has 168 valence electrons. The highest BCUT2D eigenvalue weighted by molar-refractivity contribution is 9.10. The molecule has 0 saturated carbocycles. The van der Waals surface area contributed by atoms with Crippen molar-refractivity contribution in [2.24, 2.45) is 0 Å². The van der Waals surface area contributed by atoms with Gasteiger partial charge in [-0.25, -0.2) is 13.6 Å². The van der Waals surface area contributed by atoms with Crippen molar-refractivity contribution in [1.82, 2.24) is 4.57 Å². The summed E-state index contributed by atoms with van der Waals surface area (Å²) < 4.78 is 33.7. The van der Waals surface area contributed by atoms with Crippen LogP contribution in [0.5, 0.6) is 5.75 Å². The Bertz CT molecular complexity index is 1260. The summed E-state index contributed by atoms with van der Waals surface area (Å²) >= 11 is 3.17. The van der Waals surface area contributed by atoms with Gasteiger partial charge in [0.1, 0.15) is 28.5 Å². The van der Waals surface area contributed by atoms with Gasteiger partial charge in [-0.1, -0.05) is 6.07 Å². The highest BCUT2D eigenvalue weighted by atomic mass is 79.9. The minimum Gasteiger partial charge on any atom is -0.487 e. The van der Waals surface area contributed by atoms with Crippen LogP contribution < -0.4 is 10.3 Å². The number of benzene rings is 2. The largest absolute Gasteiger partial charge is 0.487 e. The van der Waals surface area contributed by atoms with E-state index in [0.29, 0.717) is 11.3 Å². The van der Waals surface area contributed by atoms with Crippen LogP contribution in [-0.4, -0.2) is 20.7 Å². The first-order valence-corrected chi connectivity index (χ1v) is 10.3. The molecule has 6 nitrogen and oxygen atoms in total. The van der Waals surface area contributed by atoms with E-state index in [1.54, 1.807) is 13.0 Å². The van der Waals surface area contributed by atoms with Crippen LogP contribution in [0.2, 0.25) is 0 Å². The van der Waals surface area contributed by atoms with Crippen LogP contribution in [0, 0.1) is 18.6 Å². The molecule has 0 saturated heterocycles. The minimum atomic E-state index is -1.27. The van der Waals surface area contributed by atoms with Crippen molar-refractivity contribution in [3.63, 3.8) is 0 Å². The number of hydrogen-bond donors (Lipinski definition) is 2. The Kier molecular flexibility index (Phi) is 6.52. The van der Waals surface area contributed by atoms with E-state index in [9.17, 15) is 28.6 Å². The summed E-state index contributed by atoms with van der Waals surface area (Å²) in [4.78, 5) is 24.9. The smallest absolute Gasteiger partial charge is 0.337 e. The molecule has 1 heterocycles. The summed E-state index contributed by atoms with van der Waals surface area (Å²) in [6.07, 6.45) is 0. The van der Waals surface area contributed by atoms with Crippen molar-refractivity contribution in [3.05, 3.63) is 91.3 Å². The number of ether oxygens (including phenoxy) is 1. The molecule has 0 atom stereocenters. The van der Waals surface area contributed by atoms with Crippen LogP contribution in [0.25, 0.3) is 5.69 Å². The van der Waals surface area contributed by atoms with Gasteiger partial charge in [-0.2, -0.15) is 0 Å². The number of rotatable bonds is 6. The van der Waals surface area contributed by atoms with Crippen molar-refractivity contribution < 1.29 is 28.5 Å². The van der Waals surface area contributed by atoms with Gasteiger partial charge in [-0.15, -0.1) is 0 Å². The van der Waals surface area contributed by atoms with Crippen molar-refractivity contribution >= 4 is 21.9 Å². The van der Waals surface area contributed by atoms with Gasteiger partial charge in [0, 0.05) is 23.4 Å². The fraction of sp³-hybridized carbons (Fsp3) is 0.217. The second-order valence-electron chi connectivity index (χ2n) is 7.73. The Hall–Kier alpha value is -3.04. The highest BCUT2D eigenvalue weighted by Crippen LogP contribution is 2.28. The number of aryl methyl sites for hydroxylation is 1. The van der Waals surface area contributed by atoms with E-state index in [1.807, 2.05) is 0 Å². The molecule has 32 heavy (non-hydrogen) atoms. The standard InChI is InChI=1S/C23H20BrF2NO5/c1-12-8-19(32-11-13-4-6-15(25)10-17(13)26)20(24)21(28)27(12)18-7-5-14(23(2,3)31)9-16(18)22(29)30/h4-10,31H,11H2,1-3H3,(H,29,30). The first kappa shape index (κ1) is 23.6. The van der Waals surface area contributed by atoms with E-state index in [4.69, 9.17) is 4.74 Å². The Balaban J connectivity index is 2.04. The Labute approximate surface area is 190 Å². The number of halogens is 3. The monoisotopic (exact) mass is 507 g/mol. The normalized spacial score (nSPS) is 11.5. The number of pyridine rings is 1. The second-order valence-corrected chi connectivity index (χ2v) is 8.52. The molecule has 1 aromatic heterocycles. The zero-order valence-corrected chi connectivity index (χ0v) is 19.0. The maximum absolute atomic E-state index is 13.9. The molecule has 3 rings (SSSR count). The maximum Gasteiger partial charge on any atom is 0.337 e. The molecule has 0 spiro atoms. The molecule has 0 bridgehead atoms. The molecular weight excluding hydrogens is 488 g/mol. The van der Waals surface area contributed by atoms with Gasteiger partial charge in [-0.05, 0) is 66.5 Å². The summed E-state index contributed by atoms with van der Waals surface area (Å²) in [5, 5.41) is 19.9. The average Bonchev–Trinajstić information content (AvgIpc) is 2.70. The number of aromatic carboxylic acids is 1. The summed E-state index contributed by atoms with van der Waals surface area (Å²) in [6.45, 7) is 4.40. The Morgan fingerprint density at radius 1 is 1.16 bits per heavy atom. The summed E-state index contributed by atoms with van der Waals surface area (Å²) in [7, 11) is 0. The Morgan fingerprint density at radius 3 is 2.44 bits per heavy atom. The summed E-state index contributed by atoms with van der Waals surface area (Å²) in [5.41, 5.74) is -1.05. The van der Waals surface area contributed by atoms with Gasteiger partial charge in [0.15, 0.2) is 0 Å². The van der Waals surface area contributed by atoms with Crippen LogP contribution in [-0.2, 0) is 12.2 Å². The third kappa shape index (κ3) is 4.73. The van der Waals surface area contributed by atoms with Gasteiger partial charge in [0.05, 0.1) is 16.9 Å². The zero-order chi connectivity index (χ0) is 23.8. The predicted molar refractivity (Wildman–Crippen MR) is 117 cm³/mol. The van der Waals surface area contributed by atoms with Gasteiger partial charge in [0.25, 0.3) is 5.56 Å². The predicted octanol–water partition coefficient (Wildman–Crippen LogP) is 4.69. The molecule has 0 amide bonds. The zero-order valence-electron chi connectivity index (χ0n) is 17.4. The summed E-state index contributed by atoms with van der Waals surface area (Å²) in [5.74, 6) is -2.63. The van der Waals surface area contributed by atoms with Gasteiger partial charge in [0.2, 0.25) is 0 Å². The first-order chi connectivity index (χ1) is 14.9. The molecule has 0 fully saturated rings. The minimum absolute atomic E-state index is 0.00789. The fourth-order valence-electron chi connectivity index (χ4n) is 3.16. The van der Waals surface area contributed by atoms with Crippen LogP contribution >= 0.6 is 15.9 Å². The lowest BCUT2D eigenvalue weighted by atomic mass is 9.95. The first-order valence-electron chi connectivity index (χ1n) is 9.49. The molecule has 0 aliphatic rings. The van der Waals surface area contributed by atoms with E-state index in [2.05, 4.69) is 15.9 Å². The number of aromatic nitrogens is 1. The van der Waals surface area contributed by atoms with Crippen molar-refractivity contribution in [1.29, 1.82) is 0 Å². The fourth-order valence-corrected chi connectivity index (χ4v) is 3.57. The second kappa shape index (κ2) is 8.84. The number of aliphatic hydroxyl groups is 1. The molecule has 9 heteroatoms. The molecule has 0 radical (unpaired) electrons. The number of carboxylic acid groups (broad SMARTS) is 1. The van der Waals surface area contributed by atoms with Crippen molar-refractivity contribution in [2.75, 3.05) is 0 Å². The Morgan fingerprint density at radius 2 is 1.84 bits per heavy atom. The lowest BCUT2D eigenvalue weighted by molar-refractivity contribution is 0.0693. The van der Waals surface area contributed by atoms with Gasteiger partial charge < -0.3 is 14.9 Å².